The van der Waals surface area contributed by atoms with Gasteiger partial charge in [0.25, 0.3) is 6.02 Å². The van der Waals surface area contributed by atoms with Gasteiger partial charge in [0.15, 0.2) is 0 Å². The number of nitrogens with zero attached hydrogens (tertiary/aromatic N) is 2. The zero-order valence-corrected chi connectivity index (χ0v) is 14.9. The second kappa shape index (κ2) is 8.34. The van der Waals surface area contributed by atoms with Crippen molar-refractivity contribution in [2.24, 2.45) is 4.99 Å². The van der Waals surface area contributed by atoms with Gasteiger partial charge < -0.3 is 14.4 Å². The highest BCUT2D eigenvalue weighted by Gasteiger charge is 2.23. The van der Waals surface area contributed by atoms with Crippen molar-refractivity contribution in [2.45, 2.75) is 20.0 Å². The fraction of sp³-hybridized carbons (Fsp3) is 0.238. The van der Waals surface area contributed by atoms with E-state index in [1.165, 1.54) is 17.2 Å². The van der Waals surface area contributed by atoms with E-state index in [0.29, 0.717) is 19.7 Å². The molecular weight excluding hydrogens is 328 g/mol. The average Bonchev–Trinajstić information content (AvgIpc) is 2.83. The second-order valence-electron chi connectivity index (χ2n) is 5.86. The van der Waals surface area contributed by atoms with Gasteiger partial charge in [-0.15, -0.1) is 4.99 Å². The molecule has 0 spiro atoms. The third-order valence-corrected chi connectivity index (χ3v) is 4.10. The number of amidine groups is 1. The van der Waals surface area contributed by atoms with Gasteiger partial charge in [-0.25, -0.2) is 4.79 Å². The molecule has 0 radical (unpaired) electrons. The van der Waals surface area contributed by atoms with Gasteiger partial charge in [0, 0.05) is 13.1 Å². The molecule has 1 aliphatic rings. The van der Waals surface area contributed by atoms with E-state index >= 15 is 0 Å². The molecule has 0 fully saturated rings. The van der Waals surface area contributed by atoms with Crippen LogP contribution in [0.4, 0.5) is 4.79 Å². The summed E-state index contributed by atoms with van der Waals surface area (Å²) in [6, 6.07) is 16.8. The summed E-state index contributed by atoms with van der Waals surface area (Å²) in [5.74, 6) is 0. The molecule has 2 aromatic rings. The number of aliphatic imine (C=N–C) groups is 1. The fourth-order valence-corrected chi connectivity index (χ4v) is 3.01. The molecule has 0 saturated heterocycles. The van der Waals surface area contributed by atoms with Crippen molar-refractivity contribution in [3.8, 4) is 11.1 Å². The molecule has 0 aliphatic carbocycles. The largest absolute Gasteiger partial charge is 0.465 e. The highest BCUT2D eigenvalue weighted by atomic mass is 16.6. The van der Waals surface area contributed by atoms with Crippen molar-refractivity contribution >= 4 is 12.1 Å². The number of carbonyl (C=O) groups excluding carboxylic acids is 1. The van der Waals surface area contributed by atoms with Crippen LogP contribution in [-0.4, -0.2) is 30.2 Å². The molecule has 1 aliphatic heterocycles. The summed E-state index contributed by atoms with van der Waals surface area (Å²) in [5, 5.41) is 0. The van der Waals surface area contributed by atoms with E-state index in [1.807, 2.05) is 36.1 Å². The topological polar surface area (TPSA) is 51.1 Å². The lowest BCUT2D eigenvalue weighted by atomic mass is 9.97. The Morgan fingerprint density at radius 3 is 2.19 bits per heavy atom. The summed E-state index contributed by atoms with van der Waals surface area (Å²) in [7, 11) is 0. The van der Waals surface area contributed by atoms with Gasteiger partial charge in [0.05, 0.1) is 6.61 Å². The highest BCUT2D eigenvalue weighted by Crippen LogP contribution is 2.32. The zero-order valence-electron chi connectivity index (χ0n) is 14.9. The first-order chi connectivity index (χ1) is 12.7. The molecule has 0 atom stereocenters. The van der Waals surface area contributed by atoms with Gasteiger partial charge in [0.2, 0.25) is 0 Å². The molecule has 5 nitrogen and oxygen atoms in total. The lowest BCUT2D eigenvalue weighted by Crippen LogP contribution is -2.32. The Labute approximate surface area is 153 Å². The minimum atomic E-state index is -0.681. The summed E-state index contributed by atoms with van der Waals surface area (Å²) in [6.07, 6.45) is 0.825. The maximum absolute atomic E-state index is 11.9. The Kier molecular flexibility index (Phi) is 5.69. The van der Waals surface area contributed by atoms with E-state index in [-0.39, 0.29) is 12.6 Å². The van der Waals surface area contributed by atoms with Crippen LogP contribution < -0.4 is 0 Å². The van der Waals surface area contributed by atoms with E-state index in [4.69, 9.17) is 9.47 Å². The third kappa shape index (κ3) is 3.94. The Hall–Kier alpha value is -3.08. The summed E-state index contributed by atoms with van der Waals surface area (Å²) in [5.41, 5.74) is 4.69. The van der Waals surface area contributed by atoms with Crippen LogP contribution in [0.5, 0.6) is 0 Å². The zero-order chi connectivity index (χ0) is 18.4. The van der Waals surface area contributed by atoms with E-state index in [9.17, 15) is 4.79 Å². The average molecular weight is 350 g/mol. The molecule has 0 N–H and O–H groups in total. The van der Waals surface area contributed by atoms with Gasteiger partial charge in [-0.05, 0) is 29.2 Å². The lowest BCUT2D eigenvalue weighted by Gasteiger charge is -2.24. The van der Waals surface area contributed by atoms with E-state index in [0.717, 1.165) is 11.1 Å². The number of rotatable bonds is 3. The smallest absolute Gasteiger partial charge is 0.438 e. The van der Waals surface area contributed by atoms with Gasteiger partial charge in [-0.1, -0.05) is 61.2 Å². The Bertz CT molecular complexity index is 782. The number of benzene rings is 2. The van der Waals surface area contributed by atoms with Crippen molar-refractivity contribution in [3.63, 3.8) is 0 Å². The Morgan fingerprint density at radius 1 is 1.08 bits per heavy atom. The second-order valence-corrected chi connectivity index (χ2v) is 5.86. The predicted molar refractivity (Wildman–Crippen MR) is 102 cm³/mol. The van der Waals surface area contributed by atoms with Gasteiger partial charge >= 0.3 is 6.09 Å². The Balaban J connectivity index is 1.98. The maximum atomic E-state index is 11.9. The maximum Gasteiger partial charge on any atom is 0.438 e. The molecule has 134 valence electrons. The number of hydrogen-bond acceptors (Lipinski definition) is 3. The SMILES string of the molecule is C=CCOC(=O)/N=C(\OCC)N1Cc2ccccc2-c2ccccc2C1. The standard InChI is InChI=1S/C21H22N2O3/c1-3-13-26-21(24)22-20(25-4-2)23-14-16-9-5-7-11-18(16)19-12-8-6-10-17(19)15-23/h3,5-12H,1,4,13-15H2,2H3/b22-20-. The van der Waals surface area contributed by atoms with Crippen molar-refractivity contribution in [1.29, 1.82) is 0 Å². The molecule has 0 unspecified atom stereocenters. The number of fused-ring (bicyclic) bond motifs is 3. The number of ether oxygens (including phenoxy) is 2. The van der Waals surface area contributed by atoms with E-state index in [2.05, 4.69) is 35.8 Å². The molecule has 1 amide bonds. The number of carbonyl (C=O) groups is 1. The van der Waals surface area contributed by atoms with Gasteiger partial charge in [-0.2, -0.15) is 0 Å². The fourth-order valence-electron chi connectivity index (χ4n) is 3.01. The highest BCUT2D eigenvalue weighted by molar-refractivity contribution is 5.87. The summed E-state index contributed by atoms with van der Waals surface area (Å²) < 4.78 is 10.6. The predicted octanol–water partition coefficient (Wildman–Crippen LogP) is 4.38. The first kappa shape index (κ1) is 17.7. The van der Waals surface area contributed by atoms with E-state index < -0.39 is 6.09 Å². The minimum absolute atomic E-state index is 0.118. The first-order valence-corrected chi connectivity index (χ1v) is 8.63. The van der Waals surface area contributed by atoms with Gasteiger partial charge in [0.1, 0.15) is 6.61 Å². The third-order valence-electron chi connectivity index (χ3n) is 4.10. The van der Waals surface area contributed by atoms with Crippen molar-refractivity contribution < 1.29 is 14.3 Å². The van der Waals surface area contributed by atoms with Crippen LogP contribution in [0.3, 0.4) is 0 Å². The molecule has 1 heterocycles. The van der Waals surface area contributed by atoms with Crippen LogP contribution in [0.2, 0.25) is 0 Å². The molecule has 0 bridgehead atoms. The minimum Gasteiger partial charge on any atom is -0.465 e. The van der Waals surface area contributed by atoms with E-state index in [1.54, 1.807) is 0 Å². The summed E-state index contributed by atoms with van der Waals surface area (Å²) >= 11 is 0. The van der Waals surface area contributed by atoms with Crippen LogP contribution in [0, 0.1) is 0 Å². The molecule has 0 aromatic heterocycles. The van der Waals surface area contributed by atoms with Crippen LogP contribution >= 0.6 is 0 Å². The molecular formula is C21H22N2O3. The van der Waals surface area contributed by atoms with Gasteiger partial charge in [-0.3, -0.25) is 0 Å². The summed E-state index contributed by atoms with van der Waals surface area (Å²) in [4.78, 5) is 17.9. The lowest BCUT2D eigenvalue weighted by molar-refractivity contribution is 0.165. The first-order valence-electron chi connectivity index (χ1n) is 8.63. The van der Waals surface area contributed by atoms with Crippen LogP contribution in [0.1, 0.15) is 18.1 Å². The number of amides is 1. The quantitative estimate of drug-likeness (QED) is 0.468. The molecule has 0 saturated carbocycles. The van der Waals surface area contributed by atoms with Crippen LogP contribution in [-0.2, 0) is 22.6 Å². The van der Waals surface area contributed by atoms with Crippen molar-refractivity contribution in [1.82, 2.24) is 4.90 Å². The van der Waals surface area contributed by atoms with Crippen molar-refractivity contribution in [3.05, 3.63) is 72.3 Å². The molecule has 3 rings (SSSR count). The molecule has 26 heavy (non-hydrogen) atoms. The Morgan fingerprint density at radius 2 is 1.65 bits per heavy atom. The molecule has 2 aromatic carbocycles. The summed E-state index contributed by atoms with van der Waals surface area (Å²) in [6.45, 7) is 7.12. The van der Waals surface area contributed by atoms with Crippen LogP contribution in [0.15, 0.2) is 66.2 Å². The monoisotopic (exact) mass is 350 g/mol. The normalized spacial score (nSPS) is 13.3. The molecule has 5 heteroatoms. The number of hydrogen-bond donors (Lipinski definition) is 0. The van der Waals surface area contributed by atoms with Crippen molar-refractivity contribution in [2.75, 3.05) is 13.2 Å². The van der Waals surface area contributed by atoms with Crippen LogP contribution in [0.25, 0.3) is 11.1 Å².